The number of hydrogen-bond donors (Lipinski definition) is 0. The summed E-state index contributed by atoms with van der Waals surface area (Å²) < 4.78 is 21.9. The number of ether oxygens (including phenoxy) is 1. The average molecular weight is 549 g/mol. The first kappa shape index (κ1) is 26.1. The molecule has 1 saturated heterocycles. The van der Waals surface area contributed by atoms with Gasteiger partial charge in [0.15, 0.2) is 0 Å². The third-order valence-corrected chi connectivity index (χ3v) is 9.11. The lowest BCUT2D eigenvalue weighted by Gasteiger charge is -2.44. The highest BCUT2D eigenvalue weighted by Crippen LogP contribution is 2.44. The number of thioether (sulfide) groups is 1. The number of amides is 1. The molecule has 204 valence electrons. The normalized spacial score (nSPS) is 23.1. The predicted octanol–water partition coefficient (Wildman–Crippen LogP) is 4.78. The molecular formula is C30H33FN4O3S. The second-order valence-corrected chi connectivity index (χ2v) is 12.0. The van der Waals surface area contributed by atoms with Gasteiger partial charge in [0.2, 0.25) is 5.91 Å². The first-order valence-corrected chi connectivity index (χ1v) is 14.6. The second-order valence-electron chi connectivity index (χ2n) is 11.0. The Morgan fingerprint density at radius 1 is 1.13 bits per heavy atom. The fraction of sp³-hybridized carbons (Fsp3) is 0.433. The van der Waals surface area contributed by atoms with Gasteiger partial charge in [-0.15, -0.1) is 11.8 Å². The molecule has 3 aromatic rings. The van der Waals surface area contributed by atoms with Gasteiger partial charge in [0.05, 0.1) is 24.3 Å². The van der Waals surface area contributed by atoms with Crippen LogP contribution in [0.1, 0.15) is 32.3 Å². The highest BCUT2D eigenvalue weighted by molar-refractivity contribution is 7.99. The molecule has 1 aromatic heterocycles. The molecule has 1 aliphatic carbocycles. The maximum Gasteiger partial charge on any atom is 0.350 e. The summed E-state index contributed by atoms with van der Waals surface area (Å²) in [5.41, 5.74) is 3.51. The van der Waals surface area contributed by atoms with E-state index in [4.69, 9.17) is 4.74 Å². The Labute approximate surface area is 231 Å². The fourth-order valence-corrected chi connectivity index (χ4v) is 7.39. The lowest BCUT2D eigenvalue weighted by atomic mass is 9.97. The lowest BCUT2D eigenvalue weighted by Crippen LogP contribution is -2.58. The minimum absolute atomic E-state index is 0.0704. The van der Waals surface area contributed by atoms with E-state index in [2.05, 4.69) is 29.5 Å². The summed E-state index contributed by atoms with van der Waals surface area (Å²) in [7, 11) is 0. The first-order chi connectivity index (χ1) is 18.7. The van der Waals surface area contributed by atoms with Crippen molar-refractivity contribution in [3.63, 3.8) is 0 Å². The Balaban J connectivity index is 1.52. The van der Waals surface area contributed by atoms with Gasteiger partial charge >= 0.3 is 5.69 Å². The van der Waals surface area contributed by atoms with E-state index in [0.717, 1.165) is 51.1 Å². The summed E-state index contributed by atoms with van der Waals surface area (Å²) in [5, 5.41) is 0.912. The molecule has 3 heterocycles. The molecule has 0 radical (unpaired) electrons. The number of benzene rings is 2. The van der Waals surface area contributed by atoms with Crippen LogP contribution in [0.25, 0.3) is 22.0 Å². The van der Waals surface area contributed by atoms with Crippen molar-refractivity contribution < 1.29 is 13.9 Å². The minimum atomic E-state index is -0.301. The Bertz CT molecular complexity index is 1510. The maximum absolute atomic E-state index is 13.8. The van der Waals surface area contributed by atoms with Crippen LogP contribution in [0.15, 0.2) is 52.7 Å². The van der Waals surface area contributed by atoms with Crippen molar-refractivity contribution in [1.82, 2.24) is 14.5 Å². The Morgan fingerprint density at radius 2 is 1.82 bits per heavy atom. The molecule has 6 rings (SSSR count). The van der Waals surface area contributed by atoms with Crippen LogP contribution in [0.5, 0.6) is 0 Å². The first-order valence-electron chi connectivity index (χ1n) is 13.6. The number of carbonyl (C=O) groups excluding carboxylic acids is 1. The van der Waals surface area contributed by atoms with Crippen LogP contribution in [-0.4, -0.2) is 63.5 Å². The summed E-state index contributed by atoms with van der Waals surface area (Å²) in [5.74, 6) is 0.993. The average Bonchev–Trinajstić information content (AvgIpc) is 3.74. The highest BCUT2D eigenvalue weighted by atomic mass is 32.2. The van der Waals surface area contributed by atoms with Crippen molar-refractivity contribution in [2.75, 3.05) is 23.7 Å². The molecule has 0 bridgehead atoms. The molecule has 0 spiro atoms. The summed E-state index contributed by atoms with van der Waals surface area (Å²) in [6, 6.07) is 8.52. The SMILES string of the molecule is C=CC(=O)N1[C@H](C)CN(c2nc(=O)n3c4c(c(-c5ccc(F)cc5)c(C)cc24)SCC(OC2CC2)C3)C[C@@H]1C. The van der Waals surface area contributed by atoms with Crippen LogP contribution in [0, 0.1) is 12.7 Å². The standard InChI is InChI=1S/C30H33FN4O3S/c1-5-25(36)35-18(3)13-33(14-19(35)4)29-24-12-17(2)26(20-6-8-21(31)9-7-20)28-27(24)34(30(37)32-29)15-23(16-39-28)38-22-10-11-22/h5-9,12,18-19,22-23H,1,10-11,13-16H2,2-4H3/t18-,19+,23?. The fourth-order valence-electron chi connectivity index (χ4n) is 6.08. The lowest BCUT2D eigenvalue weighted by molar-refractivity contribution is -0.130. The van der Waals surface area contributed by atoms with E-state index in [-0.39, 0.29) is 41.7 Å². The summed E-state index contributed by atoms with van der Waals surface area (Å²) in [6.07, 6.45) is 3.65. The Hall–Kier alpha value is -3.17. The molecule has 1 saturated carbocycles. The third kappa shape index (κ3) is 4.76. The van der Waals surface area contributed by atoms with E-state index in [1.165, 1.54) is 18.2 Å². The number of halogens is 1. The van der Waals surface area contributed by atoms with Crippen LogP contribution in [0.2, 0.25) is 0 Å². The summed E-state index contributed by atoms with van der Waals surface area (Å²) in [4.78, 5) is 35.8. The van der Waals surface area contributed by atoms with E-state index in [1.54, 1.807) is 28.5 Å². The zero-order valence-electron chi connectivity index (χ0n) is 22.5. The number of anilines is 1. The largest absolute Gasteiger partial charge is 0.372 e. The molecule has 3 aliphatic rings. The van der Waals surface area contributed by atoms with Gasteiger partial charge in [-0.1, -0.05) is 18.7 Å². The van der Waals surface area contributed by atoms with E-state index in [9.17, 15) is 14.0 Å². The quantitative estimate of drug-likeness (QED) is 0.428. The van der Waals surface area contributed by atoms with E-state index < -0.39 is 0 Å². The molecule has 0 N–H and O–H groups in total. The van der Waals surface area contributed by atoms with Crippen LogP contribution in [0.4, 0.5) is 10.2 Å². The smallest absolute Gasteiger partial charge is 0.350 e. The molecule has 1 amide bonds. The zero-order valence-corrected chi connectivity index (χ0v) is 23.3. The Kier molecular flexibility index (Phi) is 6.75. The monoisotopic (exact) mass is 548 g/mol. The van der Waals surface area contributed by atoms with Gasteiger partial charge in [0.25, 0.3) is 0 Å². The molecule has 2 aliphatic heterocycles. The second kappa shape index (κ2) is 10.1. The predicted molar refractivity (Wildman–Crippen MR) is 153 cm³/mol. The minimum Gasteiger partial charge on any atom is -0.372 e. The van der Waals surface area contributed by atoms with E-state index in [0.29, 0.717) is 25.5 Å². The van der Waals surface area contributed by atoms with Gasteiger partial charge in [0, 0.05) is 46.8 Å². The van der Waals surface area contributed by atoms with Crippen LogP contribution in [-0.2, 0) is 16.1 Å². The van der Waals surface area contributed by atoms with Gasteiger partial charge < -0.3 is 14.5 Å². The summed E-state index contributed by atoms with van der Waals surface area (Å²) in [6.45, 7) is 11.3. The van der Waals surface area contributed by atoms with Crippen molar-refractivity contribution in [3.05, 3.63) is 64.9 Å². The van der Waals surface area contributed by atoms with E-state index >= 15 is 0 Å². The van der Waals surface area contributed by atoms with Crippen molar-refractivity contribution in [3.8, 4) is 11.1 Å². The number of hydrogen-bond acceptors (Lipinski definition) is 6. The molecule has 2 fully saturated rings. The number of nitrogens with zero attached hydrogens (tertiary/aromatic N) is 4. The van der Waals surface area contributed by atoms with Gasteiger partial charge in [-0.2, -0.15) is 4.98 Å². The molecule has 1 unspecified atom stereocenters. The van der Waals surface area contributed by atoms with Gasteiger partial charge in [-0.25, -0.2) is 9.18 Å². The molecule has 7 nitrogen and oxygen atoms in total. The topological polar surface area (TPSA) is 67.7 Å². The highest BCUT2D eigenvalue weighted by Gasteiger charge is 2.35. The van der Waals surface area contributed by atoms with Crippen molar-refractivity contribution in [2.45, 2.75) is 69.3 Å². The van der Waals surface area contributed by atoms with Gasteiger partial charge in [0.1, 0.15) is 11.6 Å². The number of rotatable bonds is 5. The molecule has 9 heteroatoms. The number of aryl methyl sites for hydroxylation is 1. The maximum atomic E-state index is 13.8. The molecule has 2 aromatic carbocycles. The van der Waals surface area contributed by atoms with Crippen LogP contribution in [0.3, 0.4) is 0 Å². The van der Waals surface area contributed by atoms with Crippen molar-refractivity contribution in [1.29, 1.82) is 0 Å². The van der Waals surface area contributed by atoms with Gasteiger partial charge in [-0.3, -0.25) is 9.36 Å². The van der Waals surface area contributed by atoms with Crippen molar-refractivity contribution >= 4 is 34.4 Å². The zero-order chi connectivity index (χ0) is 27.4. The third-order valence-electron chi connectivity index (χ3n) is 7.89. The van der Waals surface area contributed by atoms with Crippen LogP contribution >= 0.6 is 11.8 Å². The van der Waals surface area contributed by atoms with Crippen molar-refractivity contribution in [2.24, 2.45) is 0 Å². The molecule has 3 atom stereocenters. The van der Waals surface area contributed by atoms with Gasteiger partial charge in [-0.05, 0) is 69.0 Å². The van der Waals surface area contributed by atoms with Crippen LogP contribution < -0.4 is 10.6 Å². The number of piperazine rings is 1. The van der Waals surface area contributed by atoms with E-state index in [1.807, 2.05) is 18.7 Å². The number of aromatic nitrogens is 2. The molecular weight excluding hydrogens is 515 g/mol. The summed E-state index contributed by atoms with van der Waals surface area (Å²) >= 11 is 1.70. The molecule has 39 heavy (non-hydrogen) atoms. The number of carbonyl (C=O) groups is 1. The Morgan fingerprint density at radius 3 is 2.46 bits per heavy atom.